The maximum atomic E-state index is 12.5. The van der Waals surface area contributed by atoms with Gasteiger partial charge in [0.25, 0.3) is 0 Å². The van der Waals surface area contributed by atoms with Gasteiger partial charge in [0.05, 0.1) is 38.4 Å². The summed E-state index contributed by atoms with van der Waals surface area (Å²) in [6, 6.07) is 0.470. The van der Waals surface area contributed by atoms with Crippen molar-refractivity contribution in [2.45, 2.75) is 63.1 Å². The van der Waals surface area contributed by atoms with Crippen LogP contribution in [0.25, 0.3) is 0 Å². The minimum atomic E-state index is -0.791. The maximum Gasteiger partial charge on any atom is 0.229 e. The minimum absolute atomic E-state index is 0.117. The number of aromatic nitrogens is 3. The molecule has 1 unspecified atom stereocenters. The van der Waals surface area contributed by atoms with Gasteiger partial charge >= 0.3 is 0 Å². The van der Waals surface area contributed by atoms with Crippen molar-refractivity contribution in [1.82, 2.24) is 20.3 Å². The SMILES string of the molecule is COCCNC(=O)[C@H]1C[NH+]2CC[C@H]1C[C@@H]2Cn1cc(C2(O)CCCCC2)nn1. The molecule has 28 heavy (non-hydrogen) atoms. The Bertz CT molecular complexity index is 673. The number of quaternary nitrogens is 1. The number of amides is 1. The van der Waals surface area contributed by atoms with Gasteiger partial charge in [0, 0.05) is 26.5 Å². The Hall–Kier alpha value is -1.51. The number of fused-ring (bicyclic) bond motifs is 3. The molecule has 5 rings (SSSR count). The number of hydrogen-bond donors (Lipinski definition) is 3. The molecule has 1 aromatic heterocycles. The summed E-state index contributed by atoms with van der Waals surface area (Å²) in [4.78, 5) is 14.0. The number of carbonyl (C=O) groups excluding carboxylic acids is 1. The number of piperidine rings is 3. The molecule has 4 atom stereocenters. The molecule has 4 fully saturated rings. The van der Waals surface area contributed by atoms with Crippen LogP contribution in [0.15, 0.2) is 6.20 Å². The van der Waals surface area contributed by atoms with Crippen LogP contribution >= 0.6 is 0 Å². The topological polar surface area (TPSA) is 93.7 Å². The Morgan fingerprint density at radius 3 is 2.96 bits per heavy atom. The predicted molar refractivity (Wildman–Crippen MR) is 103 cm³/mol. The lowest BCUT2D eigenvalue weighted by Crippen LogP contribution is -3.20. The molecule has 4 aliphatic rings. The standard InChI is InChI=1S/C20H33N5O3/c1-28-10-8-21-19(26)17-13-24-9-5-15(17)11-16(24)12-25-14-18(22-23-25)20(27)6-3-2-4-7-20/h14-17,27H,2-13H2,1H3,(H,21,26)/p+1/t15-,16+,17-/m0/s1. The van der Waals surface area contributed by atoms with Crippen molar-refractivity contribution in [3.63, 3.8) is 0 Å². The van der Waals surface area contributed by atoms with E-state index < -0.39 is 5.60 Å². The van der Waals surface area contributed by atoms with Gasteiger partial charge in [0.2, 0.25) is 5.91 Å². The summed E-state index contributed by atoms with van der Waals surface area (Å²) in [5.74, 6) is 0.752. The number of ether oxygens (including phenoxy) is 1. The number of hydrogen-bond acceptors (Lipinski definition) is 5. The summed E-state index contributed by atoms with van der Waals surface area (Å²) in [6.07, 6.45) is 9.00. The van der Waals surface area contributed by atoms with Crippen molar-refractivity contribution in [3.05, 3.63) is 11.9 Å². The lowest BCUT2D eigenvalue weighted by atomic mass is 9.75. The fraction of sp³-hybridized carbons (Fsp3) is 0.850. The van der Waals surface area contributed by atoms with E-state index >= 15 is 0 Å². The van der Waals surface area contributed by atoms with Crippen LogP contribution < -0.4 is 10.2 Å². The lowest BCUT2D eigenvalue weighted by molar-refractivity contribution is -0.945. The van der Waals surface area contributed by atoms with Crippen LogP contribution in [-0.2, 0) is 21.7 Å². The molecule has 3 saturated heterocycles. The highest BCUT2D eigenvalue weighted by atomic mass is 16.5. The first-order valence-corrected chi connectivity index (χ1v) is 10.8. The Kier molecular flexibility index (Phi) is 5.99. The van der Waals surface area contributed by atoms with Crippen LogP contribution in [-0.4, -0.2) is 65.4 Å². The number of carbonyl (C=O) groups is 1. The zero-order chi connectivity index (χ0) is 19.6. The monoisotopic (exact) mass is 392 g/mol. The quantitative estimate of drug-likeness (QED) is 0.543. The predicted octanol–water partition coefficient (Wildman–Crippen LogP) is -0.514. The van der Waals surface area contributed by atoms with Crippen molar-refractivity contribution in [2.24, 2.45) is 11.8 Å². The van der Waals surface area contributed by atoms with E-state index in [1.54, 1.807) is 7.11 Å². The van der Waals surface area contributed by atoms with Gasteiger partial charge in [0.15, 0.2) is 0 Å². The highest BCUT2D eigenvalue weighted by Crippen LogP contribution is 2.35. The van der Waals surface area contributed by atoms with E-state index in [4.69, 9.17) is 4.74 Å². The summed E-state index contributed by atoms with van der Waals surface area (Å²) >= 11 is 0. The number of nitrogens with zero attached hydrogens (tertiary/aromatic N) is 3. The van der Waals surface area contributed by atoms with Gasteiger partial charge in [-0.2, -0.15) is 0 Å². The molecule has 1 aromatic rings. The van der Waals surface area contributed by atoms with Gasteiger partial charge < -0.3 is 20.1 Å². The molecular weight excluding hydrogens is 358 g/mol. The summed E-state index contributed by atoms with van der Waals surface area (Å²) in [5.41, 5.74) is -0.0609. The first-order valence-electron chi connectivity index (χ1n) is 10.8. The summed E-state index contributed by atoms with van der Waals surface area (Å²) in [6.45, 7) is 3.99. The molecule has 0 aromatic carbocycles. The van der Waals surface area contributed by atoms with Crippen LogP contribution in [0.2, 0.25) is 0 Å². The fourth-order valence-corrected chi connectivity index (χ4v) is 5.45. The van der Waals surface area contributed by atoms with Gasteiger partial charge in [-0.1, -0.05) is 24.5 Å². The van der Waals surface area contributed by atoms with E-state index in [0.29, 0.717) is 25.1 Å². The molecule has 4 heterocycles. The van der Waals surface area contributed by atoms with Crippen LogP contribution in [0, 0.1) is 11.8 Å². The van der Waals surface area contributed by atoms with E-state index in [2.05, 4.69) is 15.6 Å². The maximum absolute atomic E-state index is 12.5. The molecule has 156 valence electrons. The molecular formula is C20H34N5O3+. The Labute approximate surface area is 166 Å². The molecule has 3 aliphatic heterocycles. The van der Waals surface area contributed by atoms with E-state index in [9.17, 15) is 9.90 Å². The van der Waals surface area contributed by atoms with E-state index in [1.165, 1.54) is 11.3 Å². The summed E-state index contributed by atoms with van der Waals surface area (Å²) in [5, 5.41) is 22.5. The first-order chi connectivity index (χ1) is 13.6. The van der Waals surface area contributed by atoms with Gasteiger partial charge in [-0.05, 0) is 18.8 Å². The Morgan fingerprint density at radius 1 is 1.43 bits per heavy atom. The second-order valence-corrected chi connectivity index (χ2v) is 8.90. The van der Waals surface area contributed by atoms with Gasteiger partial charge in [-0.15, -0.1) is 5.10 Å². The fourth-order valence-electron chi connectivity index (χ4n) is 5.45. The summed E-state index contributed by atoms with van der Waals surface area (Å²) in [7, 11) is 1.65. The smallest absolute Gasteiger partial charge is 0.229 e. The van der Waals surface area contributed by atoms with Crippen molar-refractivity contribution in [1.29, 1.82) is 0 Å². The minimum Gasteiger partial charge on any atom is -0.383 e. The van der Waals surface area contributed by atoms with Crippen molar-refractivity contribution < 1.29 is 19.5 Å². The molecule has 2 bridgehead atoms. The molecule has 1 saturated carbocycles. The van der Waals surface area contributed by atoms with Gasteiger partial charge in [0.1, 0.15) is 17.3 Å². The Morgan fingerprint density at radius 2 is 2.25 bits per heavy atom. The van der Waals surface area contributed by atoms with Crippen LogP contribution in [0.5, 0.6) is 0 Å². The molecule has 0 radical (unpaired) electrons. The average Bonchev–Trinajstić information content (AvgIpc) is 3.19. The highest BCUT2D eigenvalue weighted by Gasteiger charge is 2.46. The molecule has 1 amide bonds. The zero-order valence-corrected chi connectivity index (χ0v) is 16.9. The highest BCUT2D eigenvalue weighted by molar-refractivity contribution is 5.79. The first kappa shape index (κ1) is 19.8. The third kappa shape index (κ3) is 4.09. The van der Waals surface area contributed by atoms with Crippen molar-refractivity contribution in [2.75, 3.05) is 33.4 Å². The largest absolute Gasteiger partial charge is 0.383 e. The average molecular weight is 393 g/mol. The number of aliphatic hydroxyl groups is 1. The normalized spacial score (nSPS) is 31.6. The van der Waals surface area contributed by atoms with Crippen molar-refractivity contribution in [3.8, 4) is 0 Å². The van der Waals surface area contributed by atoms with Crippen molar-refractivity contribution >= 4 is 5.91 Å². The summed E-state index contributed by atoms with van der Waals surface area (Å²) < 4.78 is 6.94. The molecule has 1 aliphatic carbocycles. The number of methoxy groups -OCH3 is 1. The van der Waals surface area contributed by atoms with Gasteiger partial charge in [-0.3, -0.25) is 4.79 Å². The molecule has 0 spiro atoms. The second kappa shape index (κ2) is 8.47. The molecule has 3 N–H and O–H groups in total. The van der Waals surface area contributed by atoms with E-state index in [0.717, 1.165) is 63.9 Å². The van der Waals surface area contributed by atoms with Crippen LogP contribution in [0.1, 0.15) is 50.6 Å². The lowest BCUT2D eigenvalue weighted by Gasteiger charge is -2.46. The third-order valence-electron chi connectivity index (χ3n) is 7.10. The zero-order valence-electron chi connectivity index (χ0n) is 16.9. The van der Waals surface area contributed by atoms with Gasteiger partial charge in [-0.25, -0.2) is 4.68 Å². The third-order valence-corrected chi connectivity index (χ3v) is 7.10. The van der Waals surface area contributed by atoms with E-state index in [-0.39, 0.29) is 11.8 Å². The van der Waals surface area contributed by atoms with Crippen LogP contribution in [0.4, 0.5) is 0 Å². The molecule has 8 heteroatoms. The van der Waals surface area contributed by atoms with E-state index in [1.807, 2.05) is 10.9 Å². The number of nitrogens with one attached hydrogen (secondary N) is 2. The Balaban J connectivity index is 1.34. The van der Waals surface area contributed by atoms with Crippen LogP contribution in [0.3, 0.4) is 0 Å². The number of rotatable bonds is 7. The molecule has 8 nitrogen and oxygen atoms in total. The second-order valence-electron chi connectivity index (χ2n) is 8.90.